The number of carbonyl (C=O) groups is 1. The number of halogens is 3. The van der Waals surface area contributed by atoms with E-state index in [-0.39, 0.29) is 18.1 Å². The Morgan fingerprint density at radius 1 is 1.32 bits per heavy atom. The molecule has 1 aromatic carbocycles. The maximum absolute atomic E-state index is 13.0. The van der Waals surface area contributed by atoms with Crippen LogP contribution >= 0.6 is 0 Å². The summed E-state index contributed by atoms with van der Waals surface area (Å²) in [6.45, 7) is 1.48. The van der Waals surface area contributed by atoms with Gasteiger partial charge in [0.25, 0.3) is 0 Å². The molecule has 1 heterocycles. The number of carbonyl (C=O) groups excluding carboxylic acids is 1. The van der Waals surface area contributed by atoms with Crippen molar-refractivity contribution in [3.8, 4) is 5.88 Å². The summed E-state index contributed by atoms with van der Waals surface area (Å²) in [6, 6.07) is 3.95. The van der Waals surface area contributed by atoms with Crippen molar-refractivity contribution in [2.75, 3.05) is 12.4 Å². The van der Waals surface area contributed by atoms with E-state index in [1.54, 1.807) is 25.5 Å². The van der Waals surface area contributed by atoms with E-state index < -0.39 is 11.7 Å². The van der Waals surface area contributed by atoms with Gasteiger partial charge in [-0.1, -0.05) is 6.07 Å². The monoisotopic (exact) mass is 357 g/mol. The minimum Gasteiger partial charge on any atom is -0.472 e. The van der Waals surface area contributed by atoms with Gasteiger partial charge in [0.2, 0.25) is 12.3 Å². The number of anilines is 1. The first-order chi connectivity index (χ1) is 11.8. The smallest absolute Gasteiger partial charge is 0.416 e. The molecule has 25 heavy (non-hydrogen) atoms. The van der Waals surface area contributed by atoms with Crippen LogP contribution in [0.2, 0.25) is 0 Å². The molecule has 136 valence electrons. The van der Waals surface area contributed by atoms with Crippen LogP contribution in [-0.2, 0) is 17.6 Å². The Balaban J connectivity index is 0.000000705. The van der Waals surface area contributed by atoms with E-state index >= 15 is 0 Å². The lowest BCUT2D eigenvalue weighted by molar-refractivity contribution is -0.138. The van der Waals surface area contributed by atoms with Gasteiger partial charge in [0.05, 0.1) is 17.5 Å². The van der Waals surface area contributed by atoms with Crippen LogP contribution in [0.25, 0.3) is 0 Å². The number of rotatable bonds is 5. The van der Waals surface area contributed by atoms with E-state index in [9.17, 15) is 13.2 Å². The van der Waals surface area contributed by atoms with Crippen LogP contribution in [0.4, 0.5) is 18.9 Å². The van der Waals surface area contributed by atoms with E-state index in [4.69, 9.17) is 9.53 Å². The first-order valence-corrected chi connectivity index (χ1v) is 7.01. The third kappa shape index (κ3) is 6.26. The van der Waals surface area contributed by atoms with Gasteiger partial charge in [0, 0.05) is 24.5 Å². The van der Waals surface area contributed by atoms with Crippen molar-refractivity contribution in [2.45, 2.75) is 19.7 Å². The molecule has 0 radical (unpaired) electrons. The molecule has 10 heteroatoms. The van der Waals surface area contributed by atoms with Crippen molar-refractivity contribution in [2.24, 2.45) is 5.84 Å². The average molecular weight is 357 g/mol. The predicted octanol–water partition coefficient (Wildman–Crippen LogP) is 2.03. The Morgan fingerprint density at radius 2 is 2.00 bits per heavy atom. The van der Waals surface area contributed by atoms with Crippen LogP contribution in [0.1, 0.15) is 16.8 Å². The highest BCUT2D eigenvalue weighted by Crippen LogP contribution is 2.35. The molecule has 0 fully saturated rings. The zero-order valence-corrected chi connectivity index (χ0v) is 13.6. The number of alkyl halides is 3. The predicted molar refractivity (Wildman–Crippen MR) is 85.5 cm³/mol. The van der Waals surface area contributed by atoms with Crippen LogP contribution in [-0.4, -0.2) is 23.4 Å². The van der Waals surface area contributed by atoms with Crippen LogP contribution in [0.3, 0.4) is 0 Å². The molecule has 2 rings (SSSR count). The zero-order valence-electron chi connectivity index (χ0n) is 13.6. The van der Waals surface area contributed by atoms with Crippen LogP contribution < -0.4 is 21.3 Å². The van der Waals surface area contributed by atoms with Crippen molar-refractivity contribution in [1.29, 1.82) is 0 Å². The maximum Gasteiger partial charge on any atom is 0.416 e. The normalized spacial score (nSPS) is 10.3. The number of amides is 1. The molecular weight excluding hydrogens is 339 g/mol. The van der Waals surface area contributed by atoms with E-state index in [0.29, 0.717) is 17.8 Å². The number of hydrogen-bond acceptors (Lipinski definition) is 6. The number of ether oxygens (including phenoxy) is 1. The Kier molecular flexibility index (Phi) is 7.60. The third-order valence-electron chi connectivity index (χ3n) is 2.92. The first kappa shape index (κ1) is 20.2. The summed E-state index contributed by atoms with van der Waals surface area (Å²) in [5.74, 6) is 4.60. The maximum atomic E-state index is 13.0. The van der Waals surface area contributed by atoms with Crippen molar-refractivity contribution < 1.29 is 22.7 Å². The lowest BCUT2D eigenvalue weighted by Crippen LogP contribution is -2.18. The zero-order chi connectivity index (χ0) is 18.9. The molecule has 0 atom stereocenters. The van der Waals surface area contributed by atoms with E-state index in [2.05, 4.69) is 21.1 Å². The fourth-order valence-electron chi connectivity index (χ4n) is 1.90. The number of aryl methyl sites for hydroxylation is 1. The highest BCUT2D eigenvalue weighted by molar-refractivity contribution is 5.55. The molecule has 0 aliphatic heterocycles. The molecular formula is C15H18F3N5O2. The summed E-state index contributed by atoms with van der Waals surface area (Å²) in [6.07, 6.45) is -1.14. The standard InChI is InChI=1S/C14H14F3N3O.CH4N2O/c1-9-6-19-7-13(20-9)21-8-10-11(14(15,16)17)4-3-5-12(10)18-2;2-3-1-4/h3-7,18H,8H2,1-2H3;1H,2H2,(H,3,4). The van der Waals surface area contributed by atoms with Crippen LogP contribution in [0.15, 0.2) is 30.6 Å². The van der Waals surface area contributed by atoms with Crippen molar-refractivity contribution >= 4 is 12.1 Å². The summed E-state index contributed by atoms with van der Waals surface area (Å²) in [5, 5.41) is 2.74. The molecule has 0 aliphatic carbocycles. The van der Waals surface area contributed by atoms with Gasteiger partial charge in [-0.2, -0.15) is 13.2 Å². The second-order valence-corrected chi connectivity index (χ2v) is 4.65. The van der Waals surface area contributed by atoms with Gasteiger partial charge >= 0.3 is 6.18 Å². The number of aromatic nitrogens is 2. The number of nitrogens with zero attached hydrogens (tertiary/aromatic N) is 2. The minimum atomic E-state index is -4.44. The van der Waals surface area contributed by atoms with Gasteiger partial charge < -0.3 is 10.1 Å². The number of nitrogens with two attached hydrogens (primary N) is 1. The van der Waals surface area contributed by atoms with Gasteiger partial charge in [-0.15, -0.1) is 0 Å². The van der Waals surface area contributed by atoms with Crippen molar-refractivity contribution in [1.82, 2.24) is 15.4 Å². The number of hydrogen-bond donors (Lipinski definition) is 3. The van der Waals surface area contributed by atoms with E-state index in [0.717, 1.165) is 6.07 Å². The summed E-state index contributed by atoms with van der Waals surface area (Å²) >= 11 is 0. The summed E-state index contributed by atoms with van der Waals surface area (Å²) in [7, 11) is 1.56. The van der Waals surface area contributed by atoms with E-state index in [1.807, 2.05) is 0 Å². The lowest BCUT2D eigenvalue weighted by atomic mass is 10.1. The Bertz CT molecular complexity index is 695. The van der Waals surface area contributed by atoms with Gasteiger partial charge in [-0.3, -0.25) is 15.2 Å². The topological polar surface area (TPSA) is 102 Å². The van der Waals surface area contributed by atoms with Crippen LogP contribution in [0, 0.1) is 6.92 Å². The van der Waals surface area contributed by atoms with Gasteiger partial charge in [0.15, 0.2) is 0 Å². The quantitative estimate of drug-likeness (QED) is 0.328. The Labute approximate surface area is 142 Å². The second kappa shape index (κ2) is 9.42. The fraction of sp³-hybridized carbons (Fsp3) is 0.267. The second-order valence-electron chi connectivity index (χ2n) is 4.65. The minimum absolute atomic E-state index is 0.0378. The highest BCUT2D eigenvalue weighted by atomic mass is 19.4. The first-order valence-electron chi connectivity index (χ1n) is 7.01. The third-order valence-corrected chi connectivity index (χ3v) is 2.92. The fourth-order valence-corrected chi connectivity index (χ4v) is 1.90. The molecule has 2 aromatic rings. The summed E-state index contributed by atoms with van der Waals surface area (Å²) < 4.78 is 44.5. The molecule has 0 bridgehead atoms. The molecule has 1 aromatic heterocycles. The van der Waals surface area contributed by atoms with Crippen molar-refractivity contribution in [3.05, 3.63) is 47.4 Å². The molecule has 1 amide bonds. The largest absolute Gasteiger partial charge is 0.472 e. The molecule has 0 aliphatic rings. The van der Waals surface area contributed by atoms with Gasteiger partial charge in [-0.25, -0.2) is 10.8 Å². The SMILES string of the molecule is CNc1cccc(C(F)(F)F)c1COc1cncc(C)n1.NNC=O. The Hall–Kier alpha value is -2.88. The van der Waals surface area contributed by atoms with Gasteiger partial charge in [-0.05, 0) is 19.1 Å². The molecule has 7 nitrogen and oxygen atoms in total. The molecule has 0 spiro atoms. The molecule has 0 saturated carbocycles. The number of benzene rings is 1. The van der Waals surface area contributed by atoms with Crippen LogP contribution in [0.5, 0.6) is 5.88 Å². The molecule has 0 unspecified atom stereocenters. The number of nitrogens with one attached hydrogen (secondary N) is 2. The lowest BCUT2D eigenvalue weighted by Gasteiger charge is -2.17. The molecule has 4 N–H and O–H groups in total. The summed E-state index contributed by atoms with van der Waals surface area (Å²) in [4.78, 5) is 16.9. The van der Waals surface area contributed by atoms with Crippen molar-refractivity contribution in [3.63, 3.8) is 0 Å². The van der Waals surface area contributed by atoms with E-state index in [1.165, 1.54) is 18.5 Å². The highest BCUT2D eigenvalue weighted by Gasteiger charge is 2.34. The Morgan fingerprint density at radius 3 is 2.52 bits per heavy atom. The number of hydrazine groups is 1. The summed E-state index contributed by atoms with van der Waals surface area (Å²) in [5.41, 5.74) is 2.06. The van der Waals surface area contributed by atoms with Gasteiger partial charge in [0.1, 0.15) is 6.61 Å². The molecule has 0 saturated heterocycles. The average Bonchev–Trinajstić information content (AvgIpc) is 2.59.